The van der Waals surface area contributed by atoms with Crippen LogP contribution in [0.4, 0.5) is 11.4 Å². The largest absolute Gasteiger partial charge is 0.449 e. The van der Waals surface area contributed by atoms with E-state index in [1.807, 2.05) is 25.1 Å². The van der Waals surface area contributed by atoms with Crippen molar-refractivity contribution in [2.45, 2.75) is 20.0 Å². The minimum Gasteiger partial charge on any atom is -0.449 e. The maximum absolute atomic E-state index is 12.1. The molecular weight excluding hydrogens is 360 g/mol. The summed E-state index contributed by atoms with van der Waals surface area (Å²) in [7, 11) is 0. The second kappa shape index (κ2) is 7.28. The fourth-order valence-electron chi connectivity index (χ4n) is 1.95. The number of amides is 1. The van der Waals surface area contributed by atoms with E-state index in [0.717, 1.165) is 5.56 Å². The number of nitrogen functional groups attached to an aromatic ring is 1. The Hall–Kier alpha value is -2.34. The van der Waals surface area contributed by atoms with Gasteiger partial charge in [-0.1, -0.05) is 28.1 Å². The third-order valence-corrected chi connectivity index (χ3v) is 3.67. The highest BCUT2D eigenvalue weighted by Crippen LogP contribution is 2.20. The van der Waals surface area contributed by atoms with Crippen LogP contribution in [0, 0.1) is 6.92 Å². The summed E-state index contributed by atoms with van der Waals surface area (Å²) in [6.45, 7) is 3.44. The van der Waals surface area contributed by atoms with Crippen molar-refractivity contribution in [1.29, 1.82) is 0 Å². The molecule has 23 heavy (non-hydrogen) atoms. The molecule has 2 aromatic carbocycles. The minimum atomic E-state index is -0.943. The zero-order valence-electron chi connectivity index (χ0n) is 12.8. The number of rotatable bonds is 4. The van der Waals surface area contributed by atoms with Gasteiger partial charge in [-0.05, 0) is 49.7 Å². The van der Waals surface area contributed by atoms with E-state index in [1.54, 1.807) is 24.3 Å². The van der Waals surface area contributed by atoms with Crippen LogP contribution >= 0.6 is 15.9 Å². The molecule has 6 heteroatoms. The van der Waals surface area contributed by atoms with Crippen LogP contribution < -0.4 is 11.1 Å². The van der Waals surface area contributed by atoms with Gasteiger partial charge >= 0.3 is 5.97 Å². The van der Waals surface area contributed by atoms with Gasteiger partial charge in [-0.2, -0.15) is 0 Å². The molecule has 0 bridgehead atoms. The highest BCUT2D eigenvalue weighted by atomic mass is 79.9. The van der Waals surface area contributed by atoms with Gasteiger partial charge in [0.2, 0.25) is 0 Å². The van der Waals surface area contributed by atoms with Gasteiger partial charge in [0.05, 0.1) is 5.56 Å². The molecule has 0 aromatic heterocycles. The van der Waals surface area contributed by atoms with E-state index in [-0.39, 0.29) is 5.56 Å². The Bertz CT molecular complexity index is 746. The van der Waals surface area contributed by atoms with Crippen LogP contribution in [-0.2, 0) is 9.53 Å². The second-order valence-electron chi connectivity index (χ2n) is 5.14. The zero-order valence-corrected chi connectivity index (χ0v) is 14.4. The van der Waals surface area contributed by atoms with E-state index in [1.165, 1.54) is 6.92 Å². The summed E-state index contributed by atoms with van der Waals surface area (Å²) in [5.74, 6) is -1.05. The number of esters is 1. The zero-order chi connectivity index (χ0) is 17.0. The molecule has 0 heterocycles. The number of hydrogen-bond acceptors (Lipinski definition) is 4. The number of nitrogens with two attached hydrogens (primary N) is 1. The van der Waals surface area contributed by atoms with E-state index >= 15 is 0 Å². The average Bonchev–Trinajstić information content (AvgIpc) is 2.49. The summed E-state index contributed by atoms with van der Waals surface area (Å²) in [5, 5.41) is 2.71. The lowest BCUT2D eigenvalue weighted by molar-refractivity contribution is -0.123. The molecule has 0 radical (unpaired) electrons. The Morgan fingerprint density at radius 2 is 1.96 bits per heavy atom. The topological polar surface area (TPSA) is 81.4 Å². The van der Waals surface area contributed by atoms with Gasteiger partial charge in [0.25, 0.3) is 5.91 Å². The molecule has 1 atom stereocenters. The third-order valence-electron chi connectivity index (χ3n) is 3.17. The number of anilines is 2. The van der Waals surface area contributed by atoms with Crippen molar-refractivity contribution in [3.05, 3.63) is 58.1 Å². The maximum Gasteiger partial charge on any atom is 0.341 e. The number of carbonyl (C=O) groups is 2. The summed E-state index contributed by atoms with van der Waals surface area (Å²) in [6, 6.07) is 12.2. The summed E-state index contributed by atoms with van der Waals surface area (Å²) >= 11 is 3.27. The lowest BCUT2D eigenvalue weighted by Crippen LogP contribution is -2.30. The summed E-state index contributed by atoms with van der Waals surface area (Å²) in [6.07, 6.45) is -0.943. The van der Waals surface area contributed by atoms with Gasteiger partial charge in [-0.3, -0.25) is 4.79 Å². The number of nitrogens with one attached hydrogen (secondary N) is 1. The predicted molar refractivity (Wildman–Crippen MR) is 93.2 cm³/mol. The lowest BCUT2D eigenvalue weighted by atomic mass is 10.2. The van der Waals surface area contributed by atoms with Crippen molar-refractivity contribution in [2.75, 3.05) is 11.1 Å². The molecular formula is C17H17BrN2O3. The molecule has 1 amide bonds. The van der Waals surface area contributed by atoms with Gasteiger partial charge < -0.3 is 15.8 Å². The first-order valence-corrected chi connectivity index (χ1v) is 7.79. The molecule has 0 fully saturated rings. The predicted octanol–water partition coefficient (Wildman–Crippen LogP) is 3.52. The Labute approximate surface area is 143 Å². The number of benzene rings is 2. The van der Waals surface area contributed by atoms with Gasteiger partial charge in [-0.15, -0.1) is 0 Å². The van der Waals surface area contributed by atoms with Crippen LogP contribution in [0.5, 0.6) is 0 Å². The van der Waals surface area contributed by atoms with Crippen LogP contribution in [0.15, 0.2) is 46.9 Å². The molecule has 2 aromatic rings. The Balaban J connectivity index is 2.03. The molecule has 0 aliphatic heterocycles. The molecule has 0 aliphatic carbocycles. The van der Waals surface area contributed by atoms with E-state index in [4.69, 9.17) is 10.5 Å². The maximum atomic E-state index is 12.1. The van der Waals surface area contributed by atoms with Crippen molar-refractivity contribution < 1.29 is 14.3 Å². The number of carbonyl (C=O) groups excluding carboxylic acids is 2. The Kier molecular flexibility index (Phi) is 5.39. The monoisotopic (exact) mass is 376 g/mol. The summed E-state index contributed by atoms with van der Waals surface area (Å²) in [5.41, 5.74) is 7.95. The van der Waals surface area contributed by atoms with Gasteiger partial charge in [-0.25, -0.2) is 4.79 Å². The van der Waals surface area contributed by atoms with Crippen LogP contribution in [0.2, 0.25) is 0 Å². The fraction of sp³-hybridized carbons (Fsp3) is 0.176. The first-order chi connectivity index (χ1) is 10.9. The number of halogens is 1. The van der Waals surface area contributed by atoms with Gasteiger partial charge in [0, 0.05) is 15.8 Å². The molecule has 0 spiro atoms. The fourth-order valence-corrected chi connectivity index (χ4v) is 2.31. The smallest absolute Gasteiger partial charge is 0.341 e. The normalized spacial score (nSPS) is 11.6. The van der Waals surface area contributed by atoms with Crippen LogP contribution in [0.25, 0.3) is 0 Å². The molecule has 1 unspecified atom stereocenters. The standard InChI is InChI=1S/C17H17BrN2O3/c1-10-4-3-5-13(8-10)20-16(21)11(2)23-17(22)14-9-12(18)6-7-15(14)19/h3-9,11H,19H2,1-2H3,(H,20,21). The molecule has 0 saturated heterocycles. The SMILES string of the molecule is Cc1cccc(NC(=O)C(C)OC(=O)c2cc(Br)ccc2N)c1. The van der Waals surface area contributed by atoms with Gasteiger partial charge in [0.15, 0.2) is 6.10 Å². The van der Waals surface area contributed by atoms with Crippen LogP contribution in [0.1, 0.15) is 22.8 Å². The van der Waals surface area contributed by atoms with E-state index in [2.05, 4.69) is 21.2 Å². The Morgan fingerprint density at radius 1 is 1.22 bits per heavy atom. The molecule has 5 nitrogen and oxygen atoms in total. The first-order valence-electron chi connectivity index (χ1n) is 7.00. The first kappa shape index (κ1) is 17.0. The number of hydrogen-bond donors (Lipinski definition) is 2. The van der Waals surface area contributed by atoms with Gasteiger partial charge in [0.1, 0.15) is 0 Å². The van der Waals surface area contributed by atoms with E-state index in [9.17, 15) is 9.59 Å². The van der Waals surface area contributed by atoms with Crippen molar-refractivity contribution in [3.8, 4) is 0 Å². The highest BCUT2D eigenvalue weighted by Gasteiger charge is 2.20. The quantitative estimate of drug-likeness (QED) is 0.631. The average molecular weight is 377 g/mol. The molecule has 2 rings (SSSR count). The van der Waals surface area contributed by atoms with Crippen molar-refractivity contribution in [1.82, 2.24) is 0 Å². The molecule has 120 valence electrons. The van der Waals surface area contributed by atoms with Crippen LogP contribution in [-0.4, -0.2) is 18.0 Å². The van der Waals surface area contributed by atoms with Crippen molar-refractivity contribution >= 4 is 39.2 Å². The molecule has 0 aliphatic rings. The number of ether oxygens (including phenoxy) is 1. The third kappa shape index (κ3) is 4.56. The van der Waals surface area contributed by atoms with Crippen LogP contribution in [0.3, 0.4) is 0 Å². The summed E-state index contributed by atoms with van der Waals surface area (Å²) in [4.78, 5) is 24.2. The lowest BCUT2D eigenvalue weighted by Gasteiger charge is -2.14. The molecule has 0 saturated carbocycles. The van der Waals surface area contributed by atoms with E-state index < -0.39 is 18.0 Å². The number of aryl methyl sites for hydroxylation is 1. The molecule has 3 N–H and O–H groups in total. The van der Waals surface area contributed by atoms with E-state index in [0.29, 0.717) is 15.8 Å². The minimum absolute atomic E-state index is 0.217. The Morgan fingerprint density at radius 3 is 2.65 bits per heavy atom. The second-order valence-corrected chi connectivity index (χ2v) is 6.05. The highest BCUT2D eigenvalue weighted by molar-refractivity contribution is 9.10. The van der Waals surface area contributed by atoms with Crippen molar-refractivity contribution in [3.63, 3.8) is 0 Å². The van der Waals surface area contributed by atoms with Crippen molar-refractivity contribution in [2.24, 2.45) is 0 Å². The summed E-state index contributed by atoms with van der Waals surface area (Å²) < 4.78 is 5.89.